The van der Waals surface area contributed by atoms with Gasteiger partial charge in [-0.25, -0.2) is 0 Å². The lowest BCUT2D eigenvalue weighted by atomic mass is 10.7. The van der Waals surface area contributed by atoms with Crippen LogP contribution in [0.3, 0.4) is 0 Å². The standard InChI is InChI=1S/C4H10O3.CH3NOS/c5-1-3-7-4-2-6;2-1(3)4/h5-6H,1-4H2;(H3,2,3,4). The zero-order chi connectivity index (χ0) is 9.11. The van der Waals surface area contributed by atoms with E-state index in [4.69, 9.17) is 15.3 Å². The maximum atomic E-state index is 8.09. The van der Waals surface area contributed by atoms with Crippen LogP contribution in [0, 0.1) is 0 Å². The molecule has 0 aromatic rings. The molecular formula is C5H13NO4S. The zero-order valence-electron chi connectivity index (χ0n) is 6.06. The molecule has 0 radical (unpaired) electrons. The number of hydrogen-bond acceptors (Lipinski definition) is 4. The van der Waals surface area contributed by atoms with E-state index in [0.717, 1.165) is 0 Å². The fraction of sp³-hybridized carbons (Fsp3) is 0.800. The highest BCUT2D eigenvalue weighted by Gasteiger charge is 1.79. The Labute approximate surface area is 70.4 Å². The van der Waals surface area contributed by atoms with Gasteiger partial charge in [0.25, 0.3) is 5.17 Å². The van der Waals surface area contributed by atoms with E-state index in [0.29, 0.717) is 13.2 Å². The number of hydrogen-bond donors (Lipinski definition) is 4. The molecule has 0 atom stereocenters. The summed E-state index contributed by atoms with van der Waals surface area (Å²) in [6.45, 7) is 0.696. The molecule has 0 unspecified atom stereocenters. The maximum absolute atomic E-state index is 8.09. The quantitative estimate of drug-likeness (QED) is 0.322. The second-order valence-electron chi connectivity index (χ2n) is 1.40. The average molecular weight is 183 g/mol. The van der Waals surface area contributed by atoms with Crippen LogP contribution in [0.1, 0.15) is 0 Å². The minimum atomic E-state index is -0.500. The summed E-state index contributed by atoms with van der Waals surface area (Å²) < 4.78 is 4.63. The van der Waals surface area contributed by atoms with Crippen molar-refractivity contribution in [2.75, 3.05) is 26.4 Å². The van der Waals surface area contributed by atoms with Crippen molar-refractivity contribution in [1.82, 2.24) is 0 Å². The zero-order valence-corrected chi connectivity index (χ0v) is 6.88. The lowest BCUT2D eigenvalue weighted by molar-refractivity contribution is 0.0650. The normalized spacial score (nSPS) is 8.18. The second kappa shape index (κ2) is 12.3. The van der Waals surface area contributed by atoms with Crippen LogP contribution < -0.4 is 5.73 Å². The molecule has 0 saturated carbocycles. The van der Waals surface area contributed by atoms with Crippen LogP contribution in [0.15, 0.2) is 0 Å². The van der Waals surface area contributed by atoms with Crippen LogP contribution in [-0.4, -0.2) is 46.9 Å². The SMILES string of the molecule is NC(O)=S.OCCOCCO. The molecule has 6 heteroatoms. The van der Waals surface area contributed by atoms with Crippen molar-refractivity contribution in [3.05, 3.63) is 0 Å². The monoisotopic (exact) mass is 183 g/mol. The Morgan fingerprint density at radius 1 is 1.27 bits per heavy atom. The van der Waals surface area contributed by atoms with Crippen molar-refractivity contribution in [2.24, 2.45) is 5.73 Å². The number of nitrogens with two attached hydrogens (primary N) is 1. The van der Waals surface area contributed by atoms with Gasteiger partial charge in [-0.05, 0) is 12.2 Å². The Kier molecular flexibility index (Phi) is 14.7. The second-order valence-corrected chi connectivity index (χ2v) is 1.82. The summed E-state index contributed by atoms with van der Waals surface area (Å²) in [4.78, 5) is 0. The summed E-state index contributed by atoms with van der Waals surface area (Å²) in [5.74, 6) is 0. The van der Waals surface area contributed by atoms with Crippen molar-refractivity contribution in [3.8, 4) is 0 Å². The van der Waals surface area contributed by atoms with Gasteiger partial charge in [0, 0.05) is 0 Å². The first kappa shape index (κ1) is 13.2. The molecule has 5 N–H and O–H groups in total. The van der Waals surface area contributed by atoms with Gasteiger partial charge < -0.3 is 25.8 Å². The molecule has 0 aromatic heterocycles. The number of thiocarbonyl (C=S) groups is 1. The van der Waals surface area contributed by atoms with E-state index in [9.17, 15) is 0 Å². The Morgan fingerprint density at radius 2 is 1.55 bits per heavy atom. The van der Waals surface area contributed by atoms with Gasteiger partial charge in [-0.2, -0.15) is 0 Å². The van der Waals surface area contributed by atoms with Crippen molar-refractivity contribution < 1.29 is 20.1 Å². The summed E-state index contributed by atoms with van der Waals surface area (Å²) in [5.41, 5.74) is 4.40. The number of aliphatic hydroxyl groups excluding tert-OH is 3. The summed E-state index contributed by atoms with van der Waals surface area (Å²) in [6, 6.07) is 0. The third kappa shape index (κ3) is 43.0. The highest BCUT2D eigenvalue weighted by atomic mass is 32.1. The molecule has 0 bridgehead atoms. The number of ether oxygens (including phenoxy) is 1. The molecule has 0 aliphatic carbocycles. The van der Waals surface area contributed by atoms with Gasteiger partial charge in [0.1, 0.15) is 0 Å². The molecular weight excluding hydrogens is 170 g/mol. The highest BCUT2D eigenvalue weighted by Crippen LogP contribution is 1.68. The lowest BCUT2D eigenvalue weighted by Crippen LogP contribution is -2.03. The lowest BCUT2D eigenvalue weighted by Gasteiger charge is -1.94. The highest BCUT2D eigenvalue weighted by molar-refractivity contribution is 7.79. The van der Waals surface area contributed by atoms with Crippen LogP contribution in [-0.2, 0) is 4.74 Å². The first-order valence-corrected chi connectivity index (χ1v) is 3.33. The first-order valence-electron chi connectivity index (χ1n) is 2.93. The molecule has 5 nitrogen and oxygen atoms in total. The summed E-state index contributed by atoms with van der Waals surface area (Å²) in [7, 11) is 0. The Morgan fingerprint density at radius 3 is 1.73 bits per heavy atom. The first-order chi connectivity index (χ1) is 5.15. The molecule has 68 valence electrons. The van der Waals surface area contributed by atoms with Crippen LogP contribution in [0.2, 0.25) is 0 Å². The molecule has 0 spiro atoms. The Hall–Kier alpha value is -0.430. The minimum absolute atomic E-state index is 0.0278. The molecule has 0 rings (SSSR count). The van der Waals surface area contributed by atoms with E-state index >= 15 is 0 Å². The molecule has 0 amide bonds. The molecule has 0 aromatic carbocycles. The van der Waals surface area contributed by atoms with E-state index in [1.54, 1.807) is 0 Å². The van der Waals surface area contributed by atoms with Crippen LogP contribution in [0.4, 0.5) is 0 Å². The van der Waals surface area contributed by atoms with Crippen molar-refractivity contribution >= 4 is 17.4 Å². The molecule has 0 aliphatic rings. The summed E-state index contributed by atoms with van der Waals surface area (Å²) in [5, 5.41) is 23.2. The number of rotatable bonds is 4. The van der Waals surface area contributed by atoms with Gasteiger partial charge in [0.2, 0.25) is 0 Å². The van der Waals surface area contributed by atoms with Gasteiger partial charge in [-0.3, -0.25) is 0 Å². The predicted molar refractivity (Wildman–Crippen MR) is 44.4 cm³/mol. The van der Waals surface area contributed by atoms with Gasteiger partial charge in [0.05, 0.1) is 26.4 Å². The maximum Gasteiger partial charge on any atom is 0.251 e. The van der Waals surface area contributed by atoms with Crippen LogP contribution in [0.25, 0.3) is 0 Å². The molecule has 0 aliphatic heterocycles. The molecule has 0 fully saturated rings. The summed E-state index contributed by atoms with van der Waals surface area (Å²) >= 11 is 3.87. The third-order valence-corrected chi connectivity index (χ3v) is 0.471. The Balaban J connectivity index is 0. The third-order valence-electron chi connectivity index (χ3n) is 0.471. The fourth-order valence-electron chi connectivity index (χ4n) is 0.231. The van der Waals surface area contributed by atoms with Crippen LogP contribution >= 0.6 is 12.2 Å². The van der Waals surface area contributed by atoms with E-state index in [2.05, 4.69) is 22.7 Å². The smallest absolute Gasteiger partial charge is 0.251 e. The van der Waals surface area contributed by atoms with Crippen LogP contribution in [0.5, 0.6) is 0 Å². The van der Waals surface area contributed by atoms with E-state index in [1.807, 2.05) is 0 Å². The van der Waals surface area contributed by atoms with Crippen molar-refractivity contribution in [3.63, 3.8) is 0 Å². The number of aliphatic hydroxyl groups is 3. The van der Waals surface area contributed by atoms with Gasteiger partial charge >= 0.3 is 0 Å². The van der Waals surface area contributed by atoms with E-state index < -0.39 is 5.17 Å². The largest absolute Gasteiger partial charge is 0.487 e. The van der Waals surface area contributed by atoms with E-state index in [-0.39, 0.29) is 13.2 Å². The van der Waals surface area contributed by atoms with E-state index in [1.165, 1.54) is 0 Å². The van der Waals surface area contributed by atoms with Crippen molar-refractivity contribution in [1.29, 1.82) is 0 Å². The van der Waals surface area contributed by atoms with Gasteiger partial charge in [-0.1, -0.05) is 0 Å². The van der Waals surface area contributed by atoms with Crippen molar-refractivity contribution in [2.45, 2.75) is 0 Å². The fourth-order valence-corrected chi connectivity index (χ4v) is 0.231. The molecule has 11 heavy (non-hydrogen) atoms. The molecule has 0 saturated heterocycles. The Bertz CT molecular complexity index is 82.6. The minimum Gasteiger partial charge on any atom is -0.487 e. The average Bonchev–Trinajstić information content (AvgIpc) is 1.88. The predicted octanol–water partition coefficient (Wildman–Crippen LogP) is -1.22. The topological polar surface area (TPSA) is 95.9 Å². The summed E-state index contributed by atoms with van der Waals surface area (Å²) in [6.07, 6.45) is 0. The van der Waals surface area contributed by atoms with Gasteiger partial charge in [0.15, 0.2) is 0 Å². The molecule has 0 heterocycles. The van der Waals surface area contributed by atoms with Gasteiger partial charge in [-0.15, -0.1) is 0 Å².